The summed E-state index contributed by atoms with van der Waals surface area (Å²) in [6.07, 6.45) is 1.77. The van der Waals surface area contributed by atoms with E-state index in [-0.39, 0.29) is 24.5 Å². The van der Waals surface area contributed by atoms with E-state index < -0.39 is 28.9 Å². The molecule has 2 heterocycles. The fourth-order valence-electron chi connectivity index (χ4n) is 5.18. The van der Waals surface area contributed by atoms with Gasteiger partial charge in [-0.2, -0.15) is 0 Å². The van der Waals surface area contributed by atoms with Gasteiger partial charge in [0.2, 0.25) is 5.91 Å². The summed E-state index contributed by atoms with van der Waals surface area (Å²) in [6, 6.07) is 15.6. The van der Waals surface area contributed by atoms with Crippen molar-refractivity contribution >= 4 is 17.5 Å². The first-order valence-electron chi connectivity index (χ1n) is 9.79. The van der Waals surface area contributed by atoms with Crippen molar-refractivity contribution in [1.82, 2.24) is 4.98 Å². The smallest absolute Gasteiger partial charge is 0.237 e. The van der Waals surface area contributed by atoms with Crippen LogP contribution in [0.1, 0.15) is 41.4 Å². The number of ketones is 1. The van der Waals surface area contributed by atoms with Gasteiger partial charge < -0.3 is 5.32 Å². The Morgan fingerprint density at radius 3 is 2.03 bits per heavy atom. The van der Waals surface area contributed by atoms with Gasteiger partial charge in [0.25, 0.3) is 0 Å². The average molecular weight is 404 g/mol. The Balaban J connectivity index is 1.81. The van der Waals surface area contributed by atoms with Gasteiger partial charge in [0.15, 0.2) is 0 Å². The molecule has 3 aromatic rings. The standard InChI is InChI=1S/C24H18F2N2O2/c25-16-6-1-4-14(10-16)20-12-18(29)13-21(15-5-2-7-17(26)11-15)24(20)19-8-3-9-27-22(19)28-23(24)30/h1-11,20-21H,12-13H2,(H,27,28,30). The monoisotopic (exact) mass is 404 g/mol. The zero-order chi connectivity index (χ0) is 20.9. The molecule has 1 aliphatic carbocycles. The van der Waals surface area contributed by atoms with Gasteiger partial charge in [-0.3, -0.25) is 9.59 Å². The summed E-state index contributed by atoms with van der Waals surface area (Å²) in [5, 5.41) is 2.85. The van der Waals surface area contributed by atoms with Crippen LogP contribution in [0.15, 0.2) is 66.9 Å². The number of halogens is 2. The third-order valence-corrected chi connectivity index (χ3v) is 6.33. The summed E-state index contributed by atoms with van der Waals surface area (Å²) in [6.45, 7) is 0. The summed E-state index contributed by atoms with van der Waals surface area (Å²) in [4.78, 5) is 30.7. The molecule has 30 heavy (non-hydrogen) atoms. The van der Waals surface area contributed by atoms with Crippen LogP contribution in [0.4, 0.5) is 14.6 Å². The van der Waals surface area contributed by atoms with Gasteiger partial charge in [-0.1, -0.05) is 30.3 Å². The van der Waals surface area contributed by atoms with Gasteiger partial charge in [-0.15, -0.1) is 0 Å². The van der Waals surface area contributed by atoms with Crippen LogP contribution < -0.4 is 5.32 Å². The molecule has 2 aromatic carbocycles. The molecule has 4 nitrogen and oxygen atoms in total. The van der Waals surface area contributed by atoms with Crippen LogP contribution in [0.25, 0.3) is 0 Å². The van der Waals surface area contributed by atoms with Crippen molar-refractivity contribution in [1.29, 1.82) is 0 Å². The third kappa shape index (κ3) is 2.67. The molecule has 1 aliphatic heterocycles. The molecule has 0 saturated heterocycles. The number of pyridine rings is 1. The molecule has 2 aliphatic rings. The summed E-state index contributed by atoms with van der Waals surface area (Å²) >= 11 is 0. The second kappa shape index (κ2) is 6.83. The Bertz CT molecular complexity index is 1120. The highest BCUT2D eigenvalue weighted by molar-refractivity contribution is 6.08. The number of amides is 1. The van der Waals surface area contributed by atoms with E-state index in [9.17, 15) is 18.4 Å². The van der Waals surface area contributed by atoms with Gasteiger partial charge in [-0.25, -0.2) is 13.8 Å². The maximum Gasteiger partial charge on any atom is 0.237 e. The number of nitrogens with one attached hydrogen (secondary N) is 1. The Morgan fingerprint density at radius 1 is 0.867 bits per heavy atom. The Labute approximate surface area is 172 Å². The number of benzene rings is 2. The van der Waals surface area contributed by atoms with Gasteiger partial charge in [-0.05, 0) is 41.5 Å². The Kier molecular flexibility index (Phi) is 4.24. The average Bonchev–Trinajstić information content (AvgIpc) is 3.02. The second-order valence-electron chi connectivity index (χ2n) is 7.88. The van der Waals surface area contributed by atoms with Crippen LogP contribution in [0.2, 0.25) is 0 Å². The molecular formula is C24H18F2N2O2. The van der Waals surface area contributed by atoms with Crippen molar-refractivity contribution in [3.63, 3.8) is 0 Å². The quantitative estimate of drug-likeness (QED) is 0.685. The minimum atomic E-state index is -1.20. The number of fused-ring (bicyclic) bond motifs is 2. The number of anilines is 1. The summed E-state index contributed by atoms with van der Waals surface area (Å²) in [7, 11) is 0. The lowest BCUT2D eigenvalue weighted by molar-refractivity contribution is -0.128. The van der Waals surface area contributed by atoms with Gasteiger partial charge in [0, 0.05) is 36.4 Å². The van der Waals surface area contributed by atoms with E-state index in [2.05, 4.69) is 10.3 Å². The first-order valence-corrected chi connectivity index (χ1v) is 9.79. The summed E-state index contributed by atoms with van der Waals surface area (Å²) < 4.78 is 28.2. The van der Waals surface area contributed by atoms with Crippen molar-refractivity contribution < 1.29 is 18.4 Å². The minimum absolute atomic E-state index is 0.0470. The molecule has 1 saturated carbocycles. The number of aromatic nitrogens is 1. The van der Waals surface area contributed by atoms with Crippen molar-refractivity contribution in [2.24, 2.45) is 0 Å². The van der Waals surface area contributed by atoms with E-state index in [0.717, 1.165) is 0 Å². The van der Waals surface area contributed by atoms with E-state index in [1.165, 1.54) is 24.3 Å². The zero-order valence-corrected chi connectivity index (χ0v) is 15.9. The highest BCUT2D eigenvalue weighted by Gasteiger charge is 2.61. The number of hydrogen-bond acceptors (Lipinski definition) is 3. The molecule has 1 N–H and O–H groups in total. The number of nitrogens with zero attached hydrogens (tertiary/aromatic N) is 1. The lowest BCUT2D eigenvalue weighted by atomic mass is 9.54. The number of carbonyl (C=O) groups excluding carboxylic acids is 2. The number of Topliss-reactive ketones (excluding diaryl/α,β-unsaturated/α-hetero) is 1. The molecule has 1 amide bonds. The van der Waals surface area contributed by atoms with Crippen LogP contribution in [0.5, 0.6) is 0 Å². The van der Waals surface area contributed by atoms with Crippen LogP contribution in [0.3, 0.4) is 0 Å². The zero-order valence-electron chi connectivity index (χ0n) is 15.9. The maximum absolute atomic E-state index is 14.1. The van der Waals surface area contributed by atoms with E-state index in [0.29, 0.717) is 22.5 Å². The fraction of sp³-hybridized carbons (Fsp3) is 0.208. The predicted molar refractivity (Wildman–Crippen MR) is 107 cm³/mol. The molecule has 6 heteroatoms. The first-order chi connectivity index (χ1) is 14.5. The molecule has 2 unspecified atom stereocenters. The van der Waals surface area contributed by atoms with Gasteiger partial charge in [0.05, 0.1) is 5.41 Å². The second-order valence-corrected chi connectivity index (χ2v) is 7.88. The Hall–Kier alpha value is -3.41. The minimum Gasteiger partial charge on any atom is -0.310 e. The SMILES string of the molecule is O=C1CC(c2cccc(F)c2)C2(C(=O)Nc3ncccc32)C(c2cccc(F)c2)C1. The Morgan fingerprint density at radius 2 is 1.47 bits per heavy atom. The van der Waals surface area contributed by atoms with E-state index in [1.807, 2.05) is 6.07 Å². The summed E-state index contributed by atoms with van der Waals surface area (Å²) in [5.74, 6) is -2.00. The van der Waals surface area contributed by atoms with Crippen molar-refractivity contribution in [3.05, 3.63) is 95.2 Å². The molecule has 1 spiro atoms. The lowest BCUT2D eigenvalue weighted by Gasteiger charge is -2.45. The largest absolute Gasteiger partial charge is 0.310 e. The first kappa shape index (κ1) is 18.6. The molecule has 2 atom stereocenters. The number of hydrogen-bond donors (Lipinski definition) is 1. The number of rotatable bonds is 2. The van der Waals surface area contributed by atoms with Crippen molar-refractivity contribution in [3.8, 4) is 0 Å². The molecule has 1 aromatic heterocycles. The molecule has 0 radical (unpaired) electrons. The van der Waals surface area contributed by atoms with Gasteiger partial charge >= 0.3 is 0 Å². The molecule has 1 fully saturated rings. The van der Waals surface area contributed by atoms with Crippen LogP contribution in [-0.2, 0) is 15.0 Å². The van der Waals surface area contributed by atoms with Crippen molar-refractivity contribution in [2.45, 2.75) is 30.1 Å². The normalized spacial score (nSPS) is 25.3. The van der Waals surface area contributed by atoms with Crippen LogP contribution in [0, 0.1) is 11.6 Å². The lowest BCUT2D eigenvalue weighted by Crippen LogP contribution is -2.50. The van der Waals surface area contributed by atoms with Gasteiger partial charge in [0.1, 0.15) is 23.2 Å². The number of carbonyl (C=O) groups is 2. The molecule has 150 valence electrons. The predicted octanol–water partition coefficient (Wildman–Crippen LogP) is 4.48. The van der Waals surface area contributed by atoms with E-state index >= 15 is 0 Å². The summed E-state index contributed by atoms with van der Waals surface area (Å²) in [5.41, 5.74) is 0.595. The molecular weight excluding hydrogens is 386 g/mol. The maximum atomic E-state index is 14.1. The van der Waals surface area contributed by atoms with Crippen LogP contribution >= 0.6 is 0 Å². The topological polar surface area (TPSA) is 59.1 Å². The third-order valence-electron chi connectivity index (χ3n) is 6.33. The molecule has 5 rings (SSSR count). The molecule has 0 bridgehead atoms. The highest BCUT2D eigenvalue weighted by Crippen LogP contribution is 2.59. The van der Waals surface area contributed by atoms with Crippen LogP contribution in [-0.4, -0.2) is 16.7 Å². The highest BCUT2D eigenvalue weighted by atomic mass is 19.1. The van der Waals surface area contributed by atoms with Crippen molar-refractivity contribution in [2.75, 3.05) is 5.32 Å². The van der Waals surface area contributed by atoms with E-state index in [4.69, 9.17) is 0 Å². The van der Waals surface area contributed by atoms with E-state index in [1.54, 1.807) is 36.5 Å². The fourth-order valence-corrected chi connectivity index (χ4v) is 5.18.